The van der Waals surface area contributed by atoms with E-state index in [9.17, 15) is 19.2 Å². The zero-order chi connectivity index (χ0) is 21.9. The Morgan fingerprint density at radius 1 is 0.903 bits per heavy atom. The number of rotatable bonds is 3. The molecule has 3 heterocycles. The number of amides is 4. The number of carbonyl (C=O) groups excluding carboxylic acids is 4. The van der Waals surface area contributed by atoms with Gasteiger partial charge in [-0.15, -0.1) is 0 Å². The molecule has 4 amide bonds. The van der Waals surface area contributed by atoms with Gasteiger partial charge in [-0.2, -0.15) is 0 Å². The van der Waals surface area contributed by atoms with Crippen LogP contribution in [0, 0.1) is 31.6 Å². The van der Waals surface area contributed by atoms with Crippen molar-refractivity contribution in [1.82, 2.24) is 9.80 Å². The van der Waals surface area contributed by atoms with Crippen molar-refractivity contribution in [3.8, 4) is 0 Å². The van der Waals surface area contributed by atoms with Crippen LogP contribution in [0.3, 0.4) is 0 Å². The van der Waals surface area contributed by atoms with Gasteiger partial charge >= 0.3 is 0 Å². The number of nitrogens with zero attached hydrogens (tertiary/aromatic N) is 3. The van der Waals surface area contributed by atoms with Gasteiger partial charge in [0.1, 0.15) is 0 Å². The van der Waals surface area contributed by atoms with Gasteiger partial charge < -0.3 is 9.80 Å². The summed E-state index contributed by atoms with van der Waals surface area (Å²) in [6.07, 6.45) is 5.40. The monoisotopic (exact) mass is 421 g/mol. The summed E-state index contributed by atoms with van der Waals surface area (Å²) >= 11 is 0. The number of anilines is 1. The lowest BCUT2D eigenvalue weighted by Crippen LogP contribution is -2.63. The molecule has 1 aromatic carbocycles. The molecule has 3 aliphatic heterocycles. The minimum atomic E-state index is -0.383. The maximum atomic E-state index is 13.0. The van der Waals surface area contributed by atoms with E-state index in [2.05, 4.69) is 0 Å². The third-order valence-electron chi connectivity index (χ3n) is 7.36. The first-order valence-electron chi connectivity index (χ1n) is 11.0. The van der Waals surface area contributed by atoms with E-state index in [4.69, 9.17) is 0 Å². The van der Waals surface area contributed by atoms with Crippen molar-refractivity contribution in [2.45, 2.75) is 39.2 Å². The number of carbonyl (C=O) groups is 4. The van der Waals surface area contributed by atoms with Gasteiger partial charge in [-0.25, -0.2) is 0 Å². The highest BCUT2D eigenvalue weighted by Crippen LogP contribution is 2.38. The van der Waals surface area contributed by atoms with Gasteiger partial charge in [-0.1, -0.05) is 18.2 Å². The number of benzene rings is 1. The van der Waals surface area contributed by atoms with Gasteiger partial charge in [-0.05, 0) is 49.9 Å². The Hall–Kier alpha value is -2.96. The molecule has 5 rings (SSSR count). The number of hydrogen-bond donors (Lipinski definition) is 0. The summed E-state index contributed by atoms with van der Waals surface area (Å²) in [4.78, 5) is 55.8. The van der Waals surface area contributed by atoms with Crippen LogP contribution in [0.1, 0.15) is 30.4 Å². The van der Waals surface area contributed by atoms with E-state index in [0.29, 0.717) is 32.5 Å². The number of aryl methyl sites for hydroxylation is 2. The summed E-state index contributed by atoms with van der Waals surface area (Å²) in [6.45, 7) is 5.15. The van der Waals surface area contributed by atoms with E-state index in [0.717, 1.165) is 16.8 Å². The molecule has 3 saturated heterocycles. The second kappa shape index (κ2) is 7.32. The normalized spacial score (nSPS) is 28.4. The standard InChI is InChI=1S/C24H27N3O4/c1-14-7-8-17(9-15(14)2)26-11-16(10-21(26)28)22(29)25-12-18(13-25)27-23(30)19-5-3-4-6-20(19)24(27)31/h3-4,7-9,16,18-20H,5-6,10-13H2,1-2H3. The summed E-state index contributed by atoms with van der Waals surface area (Å²) < 4.78 is 0. The first-order chi connectivity index (χ1) is 14.8. The average molecular weight is 421 g/mol. The van der Waals surface area contributed by atoms with Crippen LogP contribution in [-0.2, 0) is 19.2 Å². The Labute approximate surface area is 181 Å². The molecule has 7 nitrogen and oxygen atoms in total. The highest BCUT2D eigenvalue weighted by Gasteiger charge is 2.53. The van der Waals surface area contributed by atoms with Crippen molar-refractivity contribution in [1.29, 1.82) is 0 Å². The van der Waals surface area contributed by atoms with Gasteiger partial charge in [0.25, 0.3) is 0 Å². The van der Waals surface area contributed by atoms with Crippen LogP contribution in [0.2, 0.25) is 0 Å². The van der Waals surface area contributed by atoms with Gasteiger partial charge in [0.05, 0.1) is 23.8 Å². The topological polar surface area (TPSA) is 78.0 Å². The van der Waals surface area contributed by atoms with Crippen molar-refractivity contribution in [2.24, 2.45) is 17.8 Å². The van der Waals surface area contributed by atoms with E-state index >= 15 is 0 Å². The lowest BCUT2D eigenvalue weighted by molar-refractivity contribution is -0.154. The number of imide groups is 1. The summed E-state index contributed by atoms with van der Waals surface area (Å²) in [5.41, 5.74) is 3.10. The second-order valence-corrected chi connectivity index (χ2v) is 9.27. The molecule has 162 valence electrons. The Morgan fingerprint density at radius 3 is 2.16 bits per heavy atom. The Balaban J connectivity index is 1.21. The maximum Gasteiger partial charge on any atom is 0.233 e. The highest BCUT2D eigenvalue weighted by molar-refractivity contribution is 6.06. The first-order valence-corrected chi connectivity index (χ1v) is 11.0. The third kappa shape index (κ3) is 3.18. The van der Waals surface area contributed by atoms with Crippen LogP contribution in [0.15, 0.2) is 30.4 Å². The Morgan fingerprint density at radius 2 is 1.55 bits per heavy atom. The van der Waals surface area contributed by atoms with Gasteiger partial charge in [0.15, 0.2) is 0 Å². The fourth-order valence-electron chi connectivity index (χ4n) is 5.26. The van der Waals surface area contributed by atoms with Crippen molar-refractivity contribution in [3.05, 3.63) is 41.5 Å². The largest absolute Gasteiger partial charge is 0.338 e. The molecule has 0 N–H and O–H groups in total. The molecule has 0 spiro atoms. The third-order valence-corrected chi connectivity index (χ3v) is 7.36. The van der Waals surface area contributed by atoms with Crippen molar-refractivity contribution < 1.29 is 19.2 Å². The van der Waals surface area contributed by atoms with E-state index in [1.807, 2.05) is 44.2 Å². The molecule has 7 heteroatoms. The van der Waals surface area contributed by atoms with Crippen LogP contribution in [0.4, 0.5) is 5.69 Å². The molecule has 0 radical (unpaired) electrons. The van der Waals surface area contributed by atoms with E-state index in [1.165, 1.54) is 4.90 Å². The SMILES string of the molecule is Cc1ccc(N2CC(C(=O)N3CC(N4C(=O)C5CC=CCC5C4=O)C3)CC2=O)cc1C. The van der Waals surface area contributed by atoms with Gasteiger partial charge in [-0.3, -0.25) is 24.1 Å². The van der Waals surface area contributed by atoms with Crippen molar-refractivity contribution >= 4 is 29.3 Å². The molecular weight excluding hydrogens is 394 g/mol. The molecule has 1 aromatic rings. The number of fused-ring (bicyclic) bond motifs is 1. The van der Waals surface area contributed by atoms with Crippen molar-refractivity contribution in [3.63, 3.8) is 0 Å². The minimum absolute atomic E-state index is 0.0415. The lowest BCUT2D eigenvalue weighted by Gasteiger charge is -2.44. The predicted molar refractivity (Wildman–Crippen MR) is 114 cm³/mol. The van der Waals surface area contributed by atoms with Crippen LogP contribution < -0.4 is 4.90 Å². The first kappa shape index (κ1) is 20.0. The smallest absolute Gasteiger partial charge is 0.233 e. The van der Waals surface area contributed by atoms with Crippen LogP contribution in [0.5, 0.6) is 0 Å². The lowest BCUT2D eigenvalue weighted by atomic mass is 9.85. The van der Waals surface area contributed by atoms with Crippen LogP contribution >= 0.6 is 0 Å². The number of hydrogen-bond acceptors (Lipinski definition) is 4. The summed E-state index contributed by atoms with van der Waals surface area (Å²) in [5, 5.41) is 0. The molecule has 1 aliphatic carbocycles. The second-order valence-electron chi connectivity index (χ2n) is 9.27. The Bertz CT molecular complexity index is 984. The van der Waals surface area contributed by atoms with Gasteiger partial charge in [0, 0.05) is 31.7 Å². The summed E-state index contributed by atoms with van der Waals surface area (Å²) in [5.74, 6) is -1.13. The highest BCUT2D eigenvalue weighted by atomic mass is 16.2. The molecule has 0 bridgehead atoms. The number of likely N-dealkylation sites (tertiary alicyclic amines) is 2. The molecule has 3 fully saturated rings. The minimum Gasteiger partial charge on any atom is -0.338 e. The molecule has 4 aliphatic rings. The summed E-state index contributed by atoms with van der Waals surface area (Å²) in [6, 6.07) is 5.66. The number of allylic oxidation sites excluding steroid dienone is 2. The molecule has 31 heavy (non-hydrogen) atoms. The summed E-state index contributed by atoms with van der Waals surface area (Å²) in [7, 11) is 0. The molecule has 0 aromatic heterocycles. The van der Waals surface area contributed by atoms with Crippen molar-refractivity contribution in [2.75, 3.05) is 24.5 Å². The zero-order valence-corrected chi connectivity index (χ0v) is 17.9. The molecule has 3 unspecified atom stereocenters. The fraction of sp³-hybridized carbons (Fsp3) is 0.500. The van der Waals surface area contributed by atoms with E-state index < -0.39 is 0 Å². The molecule has 0 saturated carbocycles. The maximum absolute atomic E-state index is 13.0. The fourth-order valence-corrected chi connectivity index (χ4v) is 5.26. The van der Waals surface area contributed by atoms with Gasteiger partial charge in [0.2, 0.25) is 23.6 Å². The van der Waals surface area contributed by atoms with E-state index in [-0.39, 0.29) is 53.8 Å². The zero-order valence-electron chi connectivity index (χ0n) is 17.9. The molecule has 3 atom stereocenters. The quantitative estimate of drug-likeness (QED) is 0.551. The van der Waals surface area contributed by atoms with Crippen LogP contribution in [-0.4, -0.2) is 59.1 Å². The molecular formula is C24H27N3O4. The predicted octanol–water partition coefficient (Wildman–Crippen LogP) is 1.82. The Kier molecular flexibility index (Phi) is 4.72. The average Bonchev–Trinajstić information content (AvgIpc) is 3.23. The van der Waals surface area contributed by atoms with E-state index in [1.54, 1.807) is 9.80 Å². The van der Waals surface area contributed by atoms with Crippen LogP contribution in [0.25, 0.3) is 0 Å².